The van der Waals surface area contributed by atoms with Gasteiger partial charge in [0.05, 0.1) is 5.92 Å². The van der Waals surface area contributed by atoms with Crippen molar-refractivity contribution < 1.29 is 19.4 Å². The SMILES string of the molecule is CC1CCC2(CC1)CN(C(=O)OCc1ccccc1)CC2C(=O)O. The number of carboxylic acid groups (broad SMARTS) is 1. The van der Waals surface area contributed by atoms with Gasteiger partial charge in [-0.1, -0.05) is 50.1 Å². The van der Waals surface area contributed by atoms with Crippen molar-refractivity contribution in [2.75, 3.05) is 13.1 Å². The Hall–Kier alpha value is -2.04. The van der Waals surface area contributed by atoms with E-state index < -0.39 is 18.0 Å². The molecule has 0 aromatic heterocycles. The van der Waals surface area contributed by atoms with Gasteiger partial charge < -0.3 is 14.7 Å². The van der Waals surface area contributed by atoms with E-state index in [1.165, 1.54) is 0 Å². The molecule has 1 aromatic carbocycles. The summed E-state index contributed by atoms with van der Waals surface area (Å²) in [4.78, 5) is 25.7. The fraction of sp³-hybridized carbons (Fsp3) is 0.579. The van der Waals surface area contributed by atoms with E-state index in [2.05, 4.69) is 6.92 Å². The molecule has 1 saturated heterocycles. The van der Waals surface area contributed by atoms with E-state index in [1.54, 1.807) is 4.90 Å². The Morgan fingerprint density at radius 2 is 1.92 bits per heavy atom. The van der Waals surface area contributed by atoms with Crippen LogP contribution in [0.15, 0.2) is 30.3 Å². The van der Waals surface area contributed by atoms with Gasteiger partial charge in [-0.25, -0.2) is 4.79 Å². The van der Waals surface area contributed by atoms with Crippen molar-refractivity contribution in [1.82, 2.24) is 4.90 Å². The quantitative estimate of drug-likeness (QED) is 0.920. The van der Waals surface area contributed by atoms with Gasteiger partial charge in [-0.3, -0.25) is 4.79 Å². The lowest BCUT2D eigenvalue weighted by Crippen LogP contribution is -2.38. The summed E-state index contributed by atoms with van der Waals surface area (Å²) in [7, 11) is 0. The van der Waals surface area contributed by atoms with E-state index in [0.29, 0.717) is 12.5 Å². The van der Waals surface area contributed by atoms with Crippen LogP contribution in [0.1, 0.15) is 38.2 Å². The van der Waals surface area contributed by atoms with E-state index in [4.69, 9.17) is 4.74 Å². The maximum atomic E-state index is 12.4. The molecule has 5 heteroatoms. The van der Waals surface area contributed by atoms with Gasteiger partial charge in [-0.05, 0) is 24.3 Å². The zero-order chi connectivity index (χ0) is 17.2. The number of benzene rings is 1. The number of aliphatic carboxylic acids is 1. The Balaban J connectivity index is 1.64. The molecule has 1 N–H and O–H groups in total. The van der Waals surface area contributed by atoms with Gasteiger partial charge in [0.1, 0.15) is 6.61 Å². The van der Waals surface area contributed by atoms with Gasteiger partial charge in [-0.2, -0.15) is 0 Å². The Morgan fingerprint density at radius 1 is 1.25 bits per heavy atom. The second-order valence-corrected chi connectivity index (χ2v) is 7.36. The number of ether oxygens (including phenoxy) is 1. The molecule has 1 spiro atoms. The summed E-state index contributed by atoms with van der Waals surface area (Å²) in [5.74, 6) is -0.624. The van der Waals surface area contributed by atoms with Crippen LogP contribution in [-0.2, 0) is 16.1 Å². The molecule has 2 aliphatic rings. The highest BCUT2D eigenvalue weighted by atomic mass is 16.6. The standard InChI is InChI=1S/C19H25NO4/c1-14-7-9-19(10-8-14)13-20(11-16(19)17(21)22)18(23)24-12-15-5-3-2-4-6-15/h2-6,14,16H,7-13H2,1H3,(H,21,22). The van der Waals surface area contributed by atoms with Gasteiger partial charge in [0.2, 0.25) is 0 Å². The third-order valence-corrected chi connectivity index (χ3v) is 5.68. The molecule has 5 nitrogen and oxygen atoms in total. The average molecular weight is 331 g/mol. The number of hydrogen-bond donors (Lipinski definition) is 1. The first-order chi connectivity index (χ1) is 11.5. The molecular weight excluding hydrogens is 306 g/mol. The Morgan fingerprint density at radius 3 is 2.54 bits per heavy atom. The number of nitrogens with zero attached hydrogens (tertiary/aromatic N) is 1. The first-order valence-corrected chi connectivity index (χ1v) is 8.69. The molecule has 2 fully saturated rings. The summed E-state index contributed by atoms with van der Waals surface area (Å²) < 4.78 is 5.39. The molecule has 1 saturated carbocycles. The predicted molar refractivity (Wildman–Crippen MR) is 89.4 cm³/mol. The highest BCUT2D eigenvalue weighted by molar-refractivity contribution is 5.75. The summed E-state index contributed by atoms with van der Waals surface area (Å²) in [6.45, 7) is 3.20. The Bertz CT molecular complexity index is 593. The third kappa shape index (κ3) is 3.40. The number of rotatable bonds is 3. The number of hydrogen-bond acceptors (Lipinski definition) is 3. The summed E-state index contributed by atoms with van der Waals surface area (Å²) in [6.07, 6.45) is 3.44. The number of carbonyl (C=O) groups excluding carboxylic acids is 1. The van der Waals surface area contributed by atoms with Crippen molar-refractivity contribution in [3.05, 3.63) is 35.9 Å². The van der Waals surface area contributed by atoms with Crippen LogP contribution in [-0.4, -0.2) is 35.2 Å². The molecule has 1 aromatic rings. The summed E-state index contributed by atoms with van der Waals surface area (Å²) in [5, 5.41) is 9.63. The van der Waals surface area contributed by atoms with Crippen LogP contribution in [0.25, 0.3) is 0 Å². The van der Waals surface area contributed by atoms with Crippen LogP contribution in [0.5, 0.6) is 0 Å². The molecule has 1 aliphatic heterocycles. The molecule has 1 atom stereocenters. The third-order valence-electron chi connectivity index (χ3n) is 5.68. The van der Waals surface area contributed by atoms with Crippen LogP contribution in [0.2, 0.25) is 0 Å². The zero-order valence-electron chi connectivity index (χ0n) is 14.1. The van der Waals surface area contributed by atoms with E-state index in [1.807, 2.05) is 30.3 Å². The zero-order valence-corrected chi connectivity index (χ0v) is 14.1. The van der Waals surface area contributed by atoms with Crippen LogP contribution in [0.4, 0.5) is 4.79 Å². The molecule has 0 radical (unpaired) electrons. The molecule has 24 heavy (non-hydrogen) atoms. The second-order valence-electron chi connectivity index (χ2n) is 7.36. The molecule has 1 amide bonds. The lowest BCUT2D eigenvalue weighted by molar-refractivity contribution is -0.145. The summed E-state index contributed by atoms with van der Waals surface area (Å²) in [6, 6.07) is 9.52. The monoisotopic (exact) mass is 331 g/mol. The second kappa shape index (κ2) is 6.83. The Labute approximate surface area is 142 Å². The minimum atomic E-state index is -0.789. The minimum absolute atomic E-state index is 0.220. The van der Waals surface area contributed by atoms with E-state index in [9.17, 15) is 14.7 Å². The van der Waals surface area contributed by atoms with E-state index in [-0.39, 0.29) is 18.6 Å². The predicted octanol–water partition coefficient (Wildman–Crippen LogP) is 3.54. The molecule has 1 heterocycles. The fourth-order valence-corrected chi connectivity index (χ4v) is 4.10. The number of amides is 1. The lowest BCUT2D eigenvalue weighted by Gasteiger charge is -2.38. The maximum Gasteiger partial charge on any atom is 0.410 e. The van der Waals surface area contributed by atoms with Crippen LogP contribution < -0.4 is 0 Å². The van der Waals surface area contributed by atoms with Crippen LogP contribution >= 0.6 is 0 Å². The van der Waals surface area contributed by atoms with Crippen LogP contribution in [0, 0.1) is 17.3 Å². The number of carboxylic acids is 1. The summed E-state index contributed by atoms with van der Waals surface area (Å²) in [5.41, 5.74) is 0.658. The number of carbonyl (C=O) groups is 2. The van der Waals surface area contributed by atoms with Gasteiger partial charge >= 0.3 is 12.1 Å². The highest BCUT2D eigenvalue weighted by Crippen LogP contribution is 2.49. The molecule has 1 aliphatic carbocycles. The summed E-state index contributed by atoms with van der Waals surface area (Å²) >= 11 is 0. The van der Waals surface area contributed by atoms with Gasteiger partial charge in [0.15, 0.2) is 0 Å². The first kappa shape index (κ1) is 16.8. The Kier molecular flexibility index (Phi) is 4.78. The topological polar surface area (TPSA) is 66.8 Å². The lowest BCUT2D eigenvalue weighted by atomic mass is 9.65. The van der Waals surface area contributed by atoms with E-state index in [0.717, 1.165) is 31.2 Å². The molecule has 1 unspecified atom stereocenters. The van der Waals surface area contributed by atoms with Crippen molar-refractivity contribution in [1.29, 1.82) is 0 Å². The molecular formula is C19H25NO4. The van der Waals surface area contributed by atoms with Crippen LogP contribution in [0.3, 0.4) is 0 Å². The van der Waals surface area contributed by atoms with Gasteiger partial charge in [0, 0.05) is 18.5 Å². The van der Waals surface area contributed by atoms with Gasteiger partial charge in [0.25, 0.3) is 0 Å². The van der Waals surface area contributed by atoms with Gasteiger partial charge in [-0.15, -0.1) is 0 Å². The van der Waals surface area contributed by atoms with E-state index >= 15 is 0 Å². The average Bonchev–Trinajstić information content (AvgIpc) is 2.96. The normalized spacial score (nSPS) is 29.6. The smallest absolute Gasteiger partial charge is 0.410 e. The molecule has 3 rings (SSSR count). The number of likely N-dealkylation sites (tertiary alicyclic amines) is 1. The largest absolute Gasteiger partial charge is 0.481 e. The highest BCUT2D eigenvalue weighted by Gasteiger charge is 2.52. The maximum absolute atomic E-state index is 12.4. The molecule has 0 bridgehead atoms. The minimum Gasteiger partial charge on any atom is -0.481 e. The van der Waals surface area contributed by atoms with Crippen molar-refractivity contribution in [2.45, 2.75) is 39.2 Å². The van der Waals surface area contributed by atoms with Crippen molar-refractivity contribution >= 4 is 12.1 Å². The fourth-order valence-electron chi connectivity index (χ4n) is 4.10. The molecule has 130 valence electrons. The van der Waals surface area contributed by atoms with Crippen molar-refractivity contribution in [2.24, 2.45) is 17.3 Å². The van der Waals surface area contributed by atoms with Crippen molar-refractivity contribution in [3.63, 3.8) is 0 Å². The first-order valence-electron chi connectivity index (χ1n) is 8.69. The van der Waals surface area contributed by atoms with Crippen molar-refractivity contribution in [3.8, 4) is 0 Å².